The molecule has 10 aliphatic rings. The van der Waals surface area contributed by atoms with Gasteiger partial charge in [-0.2, -0.15) is 0 Å². The third kappa shape index (κ3) is 2.71. The second-order valence-corrected chi connectivity index (χ2v) is 14.4. The molecule has 0 spiro atoms. The highest BCUT2D eigenvalue weighted by molar-refractivity contribution is 6.65. The van der Waals surface area contributed by atoms with Crippen molar-refractivity contribution in [3.8, 4) is 0 Å². The highest BCUT2D eigenvalue weighted by Crippen LogP contribution is 2.66. The van der Waals surface area contributed by atoms with Crippen molar-refractivity contribution in [2.45, 2.75) is 131 Å². The zero-order valence-electron chi connectivity index (χ0n) is 18.7. The minimum absolute atomic E-state index is 1.15. The lowest BCUT2D eigenvalue weighted by molar-refractivity contribution is 0.138. The highest BCUT2D eigenvalue weighted by Gasteiger charge is 2.56. The molecule has 2 heteroatoms. The van der Waals surface area contributed by atoms with Crippen LogP contribution < -0.4 is 0 Å². The summed E-state index contributed by atoms with van der Waals surface area (Å²) in [6.45, 7) is 2.37. The van der Waals surface area contributed by atoms with Gasteiger partial charge in [0.2, 0.25) is 0 Å². The summed E-state index contributed by atoms with van der Waals surface area (Å²) in [5, 5.41) is 0. The molecule has 0 atom stereocenters. The Morgan fingerprint density at radius 2 is 0.414 bits per heavy atom. The molecule has 6 saturated carbocycles. The van der Waals surface area contributed by atoms with Crippen LogP contribution in [-0.4, -0.2) is 13.4 Å². The molecule has 0 N–H and O–H groups in total. The van der Waals surface area contributed by atoms with Crippen molar-refractivity contribution in [1.29, 1.82) is 0 Å². The van der Waals surface area contributed by atoms with Gasteiger partial charge in [0.1, 0.15) is 13.4 Å². The molecule has 4 aliphatic heterocycles. The number of hydrogen-bond acceptors (Lipinski definition) is 0. The van der Waals surface area contributed by atoms with E-state index in [1.165, 1.54) is 36.7 Å². The first kappa shape index (κ1) is 17.7. The number of hydrogen-bond donors (Lipinski definition) is 0. The Labute approximate surface area is 180 Å². The first-order valence-corrected chi connectivity index (χ1v) is 14.2. The molecule has 156 valence electrons. The summed E-state index contributed by atoms with van der Waals surface area (Å²) in [5.74, 6) is 14.0. The second-order valence-electron chi connectivity index (χ2n) is 14.4. The van der Waals surface area contributed by atoms with Gasteiger partial charge in [-0.3, -0.25) is 0 Å². The average molecular weight is 388 g/mol. The smallest absolute Gasteiger partial charge is 0.0612 e. The monoisotopic (exact) mass is 388 g/mol. The molecule has 10 rings (SSSR count). The molecule has 10 fully saturated rings. The molecule has 0 aromatic carbocycles. The van der Waals surface area contributed by atoms with E-state index in [2.05, 4.69) is 0 Å². The van der Waals surface area contributed by atoms with Crippen LogP contribution in [0.1, 0.15) is 96.3 Å². The van der Waals surface area contributed by atoms with Crippen LogP contribution in [-0.2, 0) is 0 Å². The molecule has 4 heterocycles. The van der Waals surface area contributed by atoms with Crippen molar-refractivity contribution in [2.75, 3.05) is 0 Å². The van der Waals surface area contributed by atoms with E-state index >= 15 is 0 Å². The molecule has 0 nitrogen and oxygen atoms in total. The van der Waals surface area contributed by atoms with E-state index in [9.17, 15) is 0 Å². The topological polar surface area (TPSA) is 0 Å². The highest BCUT2D eigenvalue weighted by atomic mass is 14.5. The Hall–Kier alpha value is 0.130. The quantitative estimate of drug-likeness (QED) is 0.423. The maximum Gasteiger partial charge on any atom is 0.149 e. The van der Waals surface area contributed by atoms with E-state index in [1.54, 1.807) is 96.3 Å². The summed E-state index contributed by atoms with van der Waals surface area (Å²) in [6.07, 6.45) is 24.8. The van der Waals surface area contributed by atoms with Crippen molar-refractivity contribution in [2.24, 2.45) is 35.5 Å². The summed E-state index contributed by atoms with van der Waals surface area (Å²) >= 11 is 0. The Morgan fingerprint density at radius 3 is 0.586 bits per heavy atom. The van der Waals surface area contributed by atoms with Gasteiger partial charge in [0.15, 0.2) is 0 Å². The van der Waals surface area contributed by atoms with Crippen LogP contribution in [0.25, 0.3) is 0 Å². The van der Waals surface area contributed by atoms with E-state index in [0.29, 0.717) is 0 Å². The predicted octanol–water partition coefficient (Wildman–Crippen LogP) is 7.85. The first-order valence-electron chi connectivity index (χ1n) is 14.2. The predicted molar refractivity (Wildman–Crippen MR) is 124 cm³/mol. The lowest BCUT2D eigenvalue weighted by Gasteiger charge is -2.59. The van der Waals surface area contributed by atoms with Gasteiger partial charge in [0.25, 0.3) is 0 Å². The molecule has 0 radical (unpaired) electrons. The zero-order valence-corrected chi connectivity index (χ0v) is 18.7. The fraction of sp³-hybridized carbons (Fsp3) is 1.00. The van der Waals surface area contributed by atoms with Gasteiger partial charge in [0, 0.05) is 0 Å². The van der Waals surface area contributed by atoms with Crippen molar-refractivity contribution < 1.29 is 0 Å². The molecule has 0 aromatic rings. The fourth-order valence-electron chi connectivity index (χ4n) is 13.1. The maximum atomic E-state index is 1.67. The summed E-state index contributed by atoms with van der Waals surface area (Å²) in [4.78, 5) is 0. The van der Waals surface area contributed by atoms with E-state index < -0.39 is 0 Å². The third-order valence-corrected chi connectivity index (χ3v) is 12.9. The van der Waals surface area contributed by atoms with Crippen molar-refractivity contribution in [3.63, 3.8) is 0 Å². The summed E-state index contributed by atoms with van der Waals surface area (Å²) in [7, 11) is 0. The van der Waals surface area contributed by atoms with Gasteiger partial charge in [-0.05, 0) is 54.8 Å². The third-order valence-electron chi connectivity index (χ3n) is 12.9. The van der Waals surface area contributed by atoms with Crippen molar-refractivity contribution >= 4 is 13.4 Å². The summed E-state index contributed by atoms with van der Waals surface area (Å²) in [6, 6.07) is 0. The van der Waals surface area contributed by atoms with Gasteiger partial charge in [-0.1, -0.05) is 112 Å². The molecular weight excluding hydrogens is 346 g/mol. The van der Waals surface area contributed by atoms with Crippen molar-refractivity contribution in [1.82, 2.24) is 0 Å². The minimum atomic E-state index is 1.15. The molecule has 29 heavy (non-hydrogen) atoms. The van der Waals surface area contributed by atoms with Gasteiger partial charge < -0.3 is 0 Å². The zero-order chi connectivity index (χ0) is 18.7. The van der Waals surface area contributed by atoms with Crippen LogP contribution in [0.3, 0.4) is 0 Å². The minimum Gasteiger partial charge on any atom is -0.0612 e. The van der Waals surface area contributed by atoms with Gasteiger partial charge in [0.05, 0.1) is 0 Å². The number of rotatable bonds is 2. The lowest BCUT2D eigenvalue weighted by Crippen LogP contribution is -2.51. The average Bonchev–Trinajstić information content (AvgIpc) is 2.65. The van der Waals surface area contributed by atoms with E-state index in [4.69, 9.17) is 0 Å². The molecule has 4 saturated heterocycles. The van der Waals surface area contributed by atoms with Gasteiger partial charge in [-0.15, -0.1) is 0 Å². The van der Waals surface area contributed by atoms with Crippen LogP contribution in [0.15, 0.2) is 0 Å². The van der Waals surface area contributed by atoms with Gasteiger partial charge in [-0.25, -0.2) is 0 Å². The van der Waals surface area contributed by atoms with E-state index in [1.807, 2.05) is 0 Å². The Balaban J connectivity index is 0.991. The number of fused-ring (bicyclic) bond motifs is 2. The summed E-state index contributed by atoms with van der Waals surface area (Å²) in [5.41, 5.74) is 0. The molecule has 6 aliphatic carbocycles. The molecule has 0 amide bonds. The first-order chi connectivity index (χ1) is 14.2. The van der Waals surface area contributed by atoms with E-state index in [-0.39, 0.29) is 0 Å². The molecule has 0 aromatic heterocycles. The van der Waals surface area contributed by atoms with Gasteiger partial charge >= 0.3 is 0 Å². The molecule has 10 bridgehead atoms. The van der Waals surface area contributed by atoms with Crippen LogP contribution in [0.5, 0.6) is 0 Å². The molecular formula is C27H42B2. The largest absolute Gasteiger partial charge is 0.149 e. The maximum absolute atomic E-state index is 1.67. The Kier molecular flexibility index (Phi) is 3.86. The summed E-state index contributed by atoms with van der Waals surface area (Å²) < 4.78 is 0. The Morgan fingerprint density at radius 1 is 0.241 bits per heavy atom. The van der Waals surface area contributed by atoms with E-state index in [0.717, 1.165) is 47.1 Å². The fourth-order valence-corrected chi connectivity index (χ4v) is 13.1. The van der Waals surface area contributed by atoms with Crippen LogP contribution >= 0.6 is 0 Å². The second kappa shape index (κ2) is 6.34. The van der Waals surface area contributed by atoms with Crippen LogP contribution in [0.2, 0.25) is 34.9 Å². The SMILES string of the molecule is C1C2CC3CC1CC(C2)B3C1CC2CC(C1)CC(B1C3CC4CC(C3)CC1C4)C2. The standard InChI is InChI=1S/C27H42B2/c1-16-4-22-6-17(1)7-23(5-16)28(22)26-12-20-3-21(13-26)15-27(14-20)29-24-8-18-2-19(10-24)11-25(29)9-18/h16-27H,1-15H2. The normalized spacial score (nSPS) is 59.6. The lowest BCUT2D eigenvalue weighted by atomic mass is 9.16. The Bertz CT molecular complexity index is 547. The van der Waals surface area contributed by atoms with Crippen molar-refractivity contribution in [3.05, 3.63) is 0 Å². The van der Waals surface area contributed by atoms with Crippen LogP contribution in [0.4, 0.5) is 0 Å². The van der Waals surface area contributed by atoms with Crippen LogP contribution in [0, 0.1) is 35.5 Å². The molecule has 0 unspecified atom stereocenters.